The Hall–Kier alpha value is -0.0800. The maximum atomic E-state index is 8.75. The average molecular weight is 157 g/mol. The Labute approximate surface area is 69.2 Å². The molecule has 1 fully saturated rings. The van der Waals surface area contributed by atoms with Crippen LogP contribution in [0.1, 0.15) is 26.2 Å². The third-order valence-corrected chi connectivity index (χ3v) is 2.17. The molecule has 0 radical (unpaired) electrons. The van der Waals surface area contributed by atoms with E-state index >= 15 is 0 Å². The van der Waals surface area contributed by atoms with Crippen LogP contribution >= 0.6 is 0 Å². The monoisotopic (exact) mass is 157 g/mol. The van der Waals surface area contributed by atoms with Gasteiger partial charge in [-0.15, -0.1) is 0 Å². The lowest BCUT2D eigenvalue weighted by molar-refractivity contribution is 0.191. The molecule has 2 nitrogen and oxygen atoms in total. The third kappa shape index (κ3) is 3.73. The van der Waals surface area contributed by atoms with E-state index in [1.165, 1.54) is 25.8 Å². The van der Waals surface area contributed by atoms with Crippen LogP contribution in [-0.2, 0) is 0 Å². The molecule has 66 valence electrons. The Morgan fingerprint density at radius 1 is 1.36 bits per heavy atom. The topological polar surface area (TPSA) is 23.5 Å². The Morgan fingerprint density at radius 2 is 2.09 bits per heavy atom. The summed E-state index contributed by atoms with van der Waals surface area (Å²) in [7, 11) is 0. The van der Waals surface area contributed by atoms with Crippen molar-refractivity contribution in [2.75, 3.05) is 26.2 Å². The average Bonchev–Trinajstić information content (AvgIpc) is 2.73. The van der Waals surface area contributed by atoms with Crippen LogP contribution in [0.3, 0.4) is 0 Å². The fourth-order valence-corrected chi connectivity index (χ4v) is 1.42. The van der Waals surface area contributed by atoms with E-state index in [9.17, 15) is 0 Å². The first-order valence-electron chi connectivity index (χ1n) is 4.70. The molecule has 0 unspecified atom stereocenters. The molecule has 1 rings (SSSR count). The molecule has 1 N–H and O–H groups in total. The largest absolute Gasteiger partial charge is 0.395 e. The van der Waals surface area contributed by atoms with Gasteiger partial charge in [0, 0.05) is 13.1 Å². The van der Waals surface area contributed by atoms with Crippen LogP contribution < -0.4 is 0 Å². The van der Waals surface area contributed by atoms with E-state index < -0.39 is 0 Å². The van der Waals surface area contributed by atoms with Crippen LogP contribution in [-0.4, -0.2) is 36.2 Å². The normalized spacial score (nSPS) is 17.7. The lowest BCUT2D eigenvalue weighted by Crippen LogP contribution is -2.29. The minimum atomic E-state index is 0.312. The van der Waals surface area contributed by atoms with Crippen molar-refractivity contribution in [3.63, 3.8) is 0 Å². The highest BCUT2D eigenvalue weighted by atomic mass is 16.3. The van der Waals surface area contributed by atoms with Crippen molar-refractivity contribution >= 4 is 0 Å². The van der Waals surface area contributed by atoms with Crippen molar-refractivity contribution in [2.45, 2.75) is 26.2 Å². The Kier molecular flexibility index (Phi) is 3.87. The molecule has 1 aliphatic rings. The van der Waals surface area contributed by atoms with Gasteiger partial charge in [-0.3, -0.25) is 0 Å². The first kappa shape index (κ1) is 9.01. The first-order valence-corrected chi connectivity index (χ1v) is 4.70. The summed E-state index contributed by atoms with van der Waals surface area (Å²) >= 11 is 0. The standard InChI is InChI=1S/C9H19NO/c1-2-5-10(6-7-11)8-9-3-4-9/h9,11H,2-8H2,1H3. The number of nitrogens with zero attached hydrogens (tertiary/aromatic N) is 1. The number of aliphatic hydroxyl groups is 1. The van der Waals surface area contributed by atoms with Gasteiger partial charge in [-0.1, -0.05) is 6.92 Å². The van der Waals surface area contributed by atoms with Gasteiger partial charge in [-0.25, -0.2) is 0 Å². The smallest absolute Gasteiger partial charge is 0.0558 e. The predicted molar refractivity (Wildman–Crippen MR) is 46.5 cm³/mol. The van der Waals surface area contributed by atoms with E-state index in [0.717, 1.165) is 19.0 Å². The van der Waals surface area contributed by atoms with E-state index in [2.05, 4.69) is 11.8 Å². The van der Waals surface area contributed by atoms with Crippen molar-refractivity contribution in [2.24, 2.45) is 5.92 Å². The SMILES string of the molecule is CCCN(CCO)CC1CC1. The van der Waals surface area contributed by atoms with E-state index in [0.29, 0.717) is 6.61 Å². The highest BCUT2D eigenvalue weighted by Crippen LogP contribution is 2.29. The van der Waals surface area contributed by atoms with Crippen LogP contribution in [0.4, 0.5) is 0 Å². The van der Waals surface area contributed by atoms with Gasteiger partial charge in [0.2, 0.25) is 0 Å². The second kappa shape index (κ2) is 4.73. The van der Waals surface area contributed by atoms with Gasteiger partial charge in [0.25, 0.3) is 0 Å². The summed E-state index contributed by atoms with van der Waals surface area (Å²) in [6.07, 6.45) is 4.02. The maximum absolute atomic E-state index is 8.75. The highest BCUT2D eigenvalue weighted by molar-refractivity contribution is 4.76. The molecule has 0 aromatic carbocycles. The summed E-state index contributed by atoms with van der Waals surface area (Å²) in [5, 5.41) is 8.75. The molecule has 0 atom stereocenters. The summed E-state index contributed by atoms with van der Waals surface area (Å²) in [4.78, 5) is 2.37. The molecule has 0 heterocycles. The van der Waals surface area contributed by atoms with Crippen molar-refractivity contribution in [3.05, 3.63) is 0 Å². The van der Waals surface area contributed by atoms with Gasteiger partial charge in [-0.05, 0) is 31.7 Å². The zero-order chi connectivity index (χ0) is 8.10. The molecular formula is C9H19NO. The summed E-state index contributed by atoms with van der Waals surface area (Å²) in [5.74, 6) is 0.952. The van der Waals surface area contributed by atoms with Gasteiger partial charge < -0.3 is 10.0 Å². The number of aliphatic hydroxyl groups excluding tert-OH is 1. The molecule has 2 heteroatoms. The Balaban J connectivity index is 2.08. The lowest BCUT2D eigenvalue weighted by atomic mass is 10.3. The van der Waals surface area contributed by atoms with Crippen LogP contribution in [0.15, 0.2) is 0 Å². The van der Waals surface area contributed by atoms with E-state index in [1.54, 1.807) is 0 Å². The quantitative estimate of drug-likeness (QED) is 0.624. The summed E-state index contributed by atoms with van der Waals surface area (Å²) in [6, 6.07) is 0. The molecule has 0 amide bonds. The second-order valence-electron chi connectivity index (χ2n) is 3.47. The van der Waals surface area contributed by atoms with Gasteiger partial charge in [0.15, 0.2) is 0 Å². The van der Waals surface area contributed by atoms with Crippen molar-refractivity contribution < 1.29 is 5.11 Å². The highest BCUT2D eigenvalue weighted by Gasteiger charge is 2.23. The summed E-state index contributed by atoms with van der Waals surface area (Å²) < 4.78 is 0. The molecule has 11 heavy (non-hydrogen) atoms. The molecule has 0 bridgehead atoms. The molecule has 1 saturated carbocycles. The van der Waals surface area contributed by atoms with Gasteiger partial charge in [0.05, 0.1) is 6.61 Å². The van der Waals surface area contributed by atoms with Crippen molar-refractivity contribution in [3.8, 4) is 0 Å². The van der Waals surface area contributed by atoms with Crippen molar-refractivity contribution in [1.29, 1.82) is 0 Å². The Bertz CT molecular complexity index is 95.7. The zero-order valence-electron chi connectivity index (χ0n) is 7.42. The van der Waals surface area contributed by atoms with Gasteiger partial charge >= 0.3 is 0 Å². The van der Waals surface area contributed by atoms with E-state index in [4.69, 9.17) is 5.11 Å². The predicted octanol–water partition coefficient (Wildman–Crippen LogP) is 1.10. The minimum absolute atomic E-state index is 0.312. The van der Waals surface area contributed by atoms with Crippen LogP contribution in [0, 0.1) is 5.92 Å². The molecule has 0 aliphatic heterocycles. The molecule has 0 spiro atoms. The fraction of sp³-hybridized carbons (Fsp3) is 1.00. The van der Waals surface area contributed by atoms with Gasteiger partial charge in [0.1, 0.15) is 0 Å². The minimum Gasteiger partial charge on any atom is -0.395 e. The molecule has 0 aromatic heterocycles. The molecule has 1 aliphatic carbocycles. The van der Waals surface area contributed by atoms with E-state index in [1.807, 2.05) is 0 Å². The zero-order valence-corrected chi connectivity index (χ0v) is 7.42. The van der Waals surface area contributed by atoms with Crippen molar-refractivity contribution in [1.82, 2.24) is 4.90 Å². The van der Waals surface area contributed by atoms with Gasteiger partial charge in [-0.2, -0.15) is 0 Å². The molecule has 0 saturated heterocycles. The van der Waals surface area contributed by atoms with E-state index in [-0.39, 0.29) is 0 Å². The second-order valence-corrected chi connectivity index (χ2v) is 3.47. The van der Waals surface area contributed by atoms with Crippen LogP contribution in [0.2, 0.25) is 0 Å². The number of rotatable bonds is 6. The lowest BCUT2D eigenvalue weighted by Gasteiger charge is -2.19. The fourth-order valence-electron chi connectivity index (χ4n) is 1.42. The molecular weight excluding hydrogens is 138 g/mol. The Morgan fingerprint density at radius 3 is 2.55 bits per heavy atom. The number of hydrogen-bond donors (Lipinski definition) is 1. The first-order chi connectivity index (χ1) is 5.36. The molecule has 0 aromatic rings. The summed E-state index contributed by atoms with van der Waals surface area (Å²) in [5.41, 5.74) is 0. The maximum Gasteiger partial charge on any atom is 0.0558 e. The third-order valence-electron chi connectivity index (χ3n) is 2.17. The van der Waals surface area contributed by atoms with Crippen LogP contribution in [0.5, 0.6) is 0 Å². The number of hydrogen-bond acceptors (Lipinski definition) is 2. The summed E-state index contributed by atoms with van der Waals surface area (Å²) in [6.45, 7) is 5.74. The van der Waals surface area contributed by atoms with Crippen LogP contribution in [0.25, 0.3) is 0 Å².